The van der Waals surface area contributed by atoms with Gasteiger partial charge in [0.2, 0.25) is 10.0 Å². The molecule has 1 heterocycles. The van der Waals surface area contributed by atoms with Gasteiger partial charge in [0.25, 0.3) is 0 Å². The van der Waals surface area contributed by atoms with E-state index in [-0.39, 0.29) is 5.75 Å². The topological polar surface area (TPSA) is 74.8 Å². The first kappa shape index (κ1) is 14.1. The van der Waals surface area contributed by atoms with Crippen LogP contribution in [-0.2, 0) is 10.0 Å². The number of hydrogen-bond donors (Lipinski definition) is 2. The van der Waals surface area contributed by atoms with Gasteiger partial charge in [0.1, 0.15) is 0 Å². The molecule has 0 amide bonds. The third-order valence-corrected chi connectivity index (χ3v) is 4.47. The number of nitrogens with one attached hydrogen (secondary N) is 2. The van der Waals surface area contributed by atoms with Crippen LogP contribution in [0.5, 0.6) is 0 Å². The Morgan fingerprint density at radius 1 is 1.37 bits per heavy atom. The van der Waals surface area contributed by atoms with Gasteiger partial charge in [0, 0.05) is 11.1 Å². The number of unbranched alkanes of at least 4 members (excludes halogenated alkanes) is 2. The number of fused-ring (bicyclic) bond motifs is 1. The number of benzene rings is 1. The molecule has 0 radical (unpaired) electrons. The van der Waals surface area contributed by atoms with Crippen molar-refractivity contribution >= 4 is 38.2 Å². The van der Waals surface area contributed by atoms with E-state index in [0.29, 0.717) is 22.6 Å². The number of aromatic nitrogens is 2. The lowest BCUT2D eigenvalue weighted by molar-refractivity contribution is 0.596. The van der Waals surface area contributed by atoms with Crippen LogP contribution in [0.15, 0.2) is 18.2 Å². The number of anilines is 1. The molecular weight excluding hydrogens is 286 g/mol. The molecule has 5 nitrogen and oxygen atoms in total. The molecule has 0 atom stereocenters. The summed E-state index contributed by atoms with van der Waals surface area (Å²) < 4.78 is 26.3. The van der Waals surface area contributed by atoms with Gasteiger partial charge >= 0.3 is 0 Å². The molecular formula is C12H16ClN3O2S. The molecule has 104 valence electrons. The van der Waals surface area contributed by atoms with Gasteiger partial charge in [-0.1, -0.05) is 31.4 Å². The Labute approximate surface area is 117 Å². The molecule has 1 aromatic heterocycles. The van der Waals surface area contributed by atoms with Crippen molar-refractivity contribution in [2.45, 2.75) is 26.2 Å². The van der Waals surface area contributed by atoms with Crippen LogP contribution in [0.25, 0.3) is 10.9 Å². The van der Waals surface area contributed by atoms with Crippen LogP contribution < -0.4 is 4.72 Å². The Morgan fingerprint density at radius 2 is 2.16 bits per heavy atom. The first-order valence-corrected chi connectivity index (χ1v) is 8.19. The zero-order chi connectivity index (χ0) is 13.9. The molecule has 0 saturated heterocycles. The van der Waals surface area contributed by atoms with Gasteiger partial charge in [-0.3, -0.25) is 9.82 Å². The van der Waals surface area contributed by atoms with E-state index in [4.69, 9.17) is 11.6 Å². The molecule has 0 aliphatic heterocycles. The zero-order valence-corrected chi connectivity index (χ0v) is 12.2. The number of aromatic amines is 1. The maximum Gasteiger partial charge on any atom is 0.232 e. The van der Waals surface area contributed by atoms with Crippen LogP contribution in [0.3, 0.4) is 0 Å². The van der Waals surface area contributed by atoms with Crippen molar-refractivity contribution in [3.05, 3.63) is 23.4 Å². The highest BCUT2D eigenvalue weighted by Crippen LogP contribution is 2.24. The number of rotatable bonds is 6. The van der Waals surface area contributed by atoms with E-state index in [1.165, 1.54) is 0 Å². The van der Waals surface area contributed by atoms with Crippen LogP contribution in [0.2, 0.25) is 5.15 Å². The molecule has 0 aliphatic carbocycles. The molecule has 0 saturated carbocycles. The van der Waals surface area contributed by atoms with Gasteiger partial charge < -0.3 is 0 Å². The van der Waals surface area contributed by atoms with Crippen LogP contribution in [0.4, 0.5) is 5.69 Å². The SMILES string of the molecule is CCCCCS(=O)(=O)Nc1ccc2[nH]nc(Cl)c2c1. The summed E-state index contributed by atoms with van der Waals surface area (Å²) in [6, 6.07) is 5.12. The van der Waals surface area contributed by atoms with Crippen molar-refractivity contribution in [2.24, 2.45) is 0 Å². The summed E-state index contributed by atoms with van der Waals surface area (Å²) in [6.45, 7) is 2.04. The van der Waals surface area contributed by atoms with Gasteiger partial charge in [-0.05, 0) is 24.6 Å². The summed E-state index contributed by atoms with van der Waals surface area (Å²) in [6.07, 6.45) is 2.57. The van der Waals surface area contributed by atoms with Crippen molar-refractivity contribution in [3.63, 3.8) is 0 Å². The van der Waals surface area contributed by atoms with E-state index in [0.717, 1.165) is 18.4 Å². The lowest BCUT2D eigenvalue weighted by Gasteiger charge is -2.07. The Kier molecular flexibility index (Phi) is 4.31. The predicted molar refractivity (Wildman–Crippen MR) is 78.0 cm³/mol. The molecule has 0 spiro atoms. The van der Waals surface area contributed by atoms with Gasteiger partial charge in [-0.15, -0.1) is 0 Å². The molecule has 0 unspecified atom stereocenters. The second-order valence-corrected chi connectivity index (χ2v) is 6.60. The van der Waals surface area contributed by atoms with E-state index in [1.54, 1.807) is 18.2 Å². The predicted octanol–water partition coefficient (Wildman–Crippen LogP) is 3.15. The van der Waals surface area contributed by atoms with E-state index in [9.17, 15) is 8.42 Å². The van der Waals surface area contributed by atoms with Crippen LogP contribution in [0, 0.1) is 0 Å². The Bertz CT molecular complexity index is 667. The number of sulfonamides is 1. The molecule has 0 aliphatic rings. The maximum absolute atomic E-state index is 11.9. The van der Waals surface area contributed by atoms with E-state index < -0.39 is 10.0 Å². The Morgan fingerprint density at radius 3 is 2.89 bits per heavy atom. The van der Waals surface area contributed by atoms with Crippen molar-refractivity contribution < 1.29 is 8.42 Å². The Balaban J connectivity index is 2.14. The average Bonchev–Trinajstić information content (AvgIpc) is 2.71. The van der Waals surface area contributed by atoms with E-state index in [2.05, 4.69) is 14.9 Å². The molecule has 19 heavy (non-hydrogen) atoms. The zero-order valence-electron chi connectivity index (χ0n) is 10.6. The minimum atomic E-state index is -3.30. The highest BCUT2D eigenvalue weighted by molar-refractivity contribution is 7.92. The minimum absolute atomic E-state index is 0.137. The van der Waals surface area contributed by atoms with Crippen molar-refractivity contribution in [3.8, 4) is 0 Å². The first-order chi connectivity index (χ1) is 9.02. The normalized spacial score (nSPS) is 11.9. The van der Waals surface area contributed by atoms with Gasteiger partial charge in [-0.25, -0.2) is 8.42 Å². The van der Waals surface area contributed by atoms with Crippen LogP contribution >= 0.6 is 11.6 Å². The summed E-state index contributed by atoms with van der Waals surface area (Å²) >= 11 is 5.90. The maximum atomic E-state index is 11.9. The lowest BCUT2D eigenvalue weighted by Crippen LogP contribution is -2.16. The molecule has 2 rings (SSSR count). The first-order valence-electron chi connectivity index (χ1n) is 6.16. The number of halogens is 1. The second-order valence-electron chi connectivity index (χ2n) is 4.40. The number of H-pyrrole nitrogens is 1. The molecule has 0 bridgehead atoms. The van der Waals surface area contributed by atoms with Gasteiger partial charge in [0.05, 0.1) is 11.3 Å². The van der Waals surface area contributed by atoms with Gasteiger partial charge in [0.15, 0.2) is 5.15 Å². The number of nitrogens with zero attached hydrogens (tertiary/aromatic N) is 1. The molecule has 2 aromatic rings. The monoisotopic (exact) mass is 301 g/mol. The van der Waals surface area contributed by atoms with E-state index >= 15 is 0 Å². The summed E-state index contributed by atoms with van der Waals surface area (Å²) in [7, 11) is -3.30. The number of hydrogen-bond acceptors (Lipinski definition) is 3. The standard InChI is InChI=1S/C12H16ClN3O2S/c1-2-3-4-7-19(17,18)16-9-5-6-11-10(8-9)12(13)15-14-11/h5-6,8,16H,2-4,7H2,1H3,(H,14,15). The van der Waals surface area contributed by atoms with Crippen LogP contribution in [0.1, 0.15) is 26.2 Å². The van der Waals surface area contributed by atoms with E-state index in [1.807, 2.05) is 6.92 Å². The summed E-state index contributed by atoms with van der Waals surface area (Å²) in [5.41, 5.74) is 1.28. The highest BCUT2D eigenvalue weighted by Gasteiger charge is 2.11. The lowest BCUT2D eigenvalue weighted by atomic mass is 10.2. The molecule has 7 heteroatoms. The average molecular weight is 302 g/mol. The smallest absolute Gasteiger partial charge is 0.232 e. The molecule has 2 N–H and O–H groups in total. The highest BCUT2D eigenvalue weighted by atomic mass is 35.5. The van der Waals surface area contributed by atoms with Gasteiger partial charge in [-0.2, -0.15) is 5.10 Å². The third kappa shape index (κ3) is 3.61. The summed E-state index contributed by atoms with van der Waals surface area (Å²) in [5.74, 6) is 0.137. The summed E-state index contributed by atoms with van der Waals surface area (Å²) in [4.78, 5) is 0. The fourth-order valence-corrected chi connectivity index (χ4v) is 3.19. The van der Waals surface area contributed by atoms with Crippen LogP contribution in [-0.4, -0.2) is 24.4 Å². The van der Waals surface area contributed by atoms with Crippen molar-refractivity contribution in [1.82, 2.24) is 10.2 Å². The fourth-order valence-electron chi connectivity index (χ4n) is 1.82. The minimum Gasteiger partial charge on any atom is -0.284 e. The largest absolute Gasteiger partial charge is 0.284 e. The fraction of sp³-hybridized carbons (Fsp3) is 0.417. The van der Waals surface area contributed by atoms with Crippen molar-refractivity contribution in [1.29, 1.82) is 0 Å². The second kappa shape index (κ2) is 5.79. The quantitative estimate of drug-likeness (QED) is 0.805. The summed E-state index contributed by atoms with van der Waals surface area (Å²) in [5, 5.41) is 7.66. The molecule has 0 fully saturated rings. The molecule has 1 aromatic carbocycles. The third-order valence-electron chi connectivity index (χ3n) is 2.81. The van der Waals surface area contributed by atoms with Crippen molar-refractivity contribution in [2.75, 3.05) is 10.5 Å². The Hall–Kier alpha value is -1.27.